The molecular weight excluding hydrogens is 572 g/mol. The summed E-state index contributed by atoms with van der Waals surface area (Å²) in [5, 5.41) is 45.8. The minimum Gasteiger partial charge on any atom is -0.507 e. The minimum atomic E-state index is -2.21. The molecule has 0 radical (unpaired) electrons. The lowest BCUT2D eigenvalue weighted by Gasteiger charge is -2.23. The molecule has 0 aliphatic heterocycles. The van der Waals surface area contributed by atoms with Crippen LogP contribution in [0.1, 0.15) is 64.7 Å². The summed E-state index contributed by atoms with van der Waals surface area (Å²) in [6.45, 7) is -0.0869. The van der Waals surface area contributed by atoms with E-state index in [1.165, 1.54) is 12.3 Å². The number of ether oxygens (including phenoxy) is 1. The number of carbonyl (C=O) groups is 4. The summed E-state index contributed by atoms with van der Waals surface area (Å²) in [6.07, 6.45) is 1.74. The van der Waals surface area contributed by atoms with Crippen LogP contribution in [0.5, 0.6) is 17.2 Å². The Labute approximate surface area is 239 Å². The van der Waals surface area contributed by atoms with Crippen molar-refractivity contribution in [3.8, 4) is 23.3 Å². The predicted octanol–water partition coefficient (Wildman–Crippen LogP) is 1.92. The van der Waals surface area contributed by atoms with Gasteiger partial charge in [0.2, 0.25) is 5.78 Å². The van der Waals surface area contributed by atoms with E-state index in [-0.39, 0.29) is 52.0 Å². The van der Waals surface area contributed by atoms with Crippen LogP contribution in [0, 0.1) is 11.3 Å². The average Bonchev–Trinajstić information content (AvgIpc) is 3.47. The molecule has 0 saturated heterocycles. The van der Waals surface area contributed by atoms with Crippen molar-refractivity contribution in [3.05, 3.63) is 72.4 Å². The SMILES string of the molecule is COC1=CC(=O)c2c(O)c3c(c(O)c2C1=O)C(=O)[C@]1(CCc2c1c(O)c1c(=O)[nH]c(C=NNCC#N)cc1c2Cl)C3=O. The fraction of sp³-hybridized carbons (Fsp3) is 0.179. The van der Waals surface area contributed by atoms with Gasteiger partial charge in [-0.3, -0.25) is 29.4 Å². The summed E-state index contributed by atoms with van der Waals surface area (Å²) in [6, 6.07) is 3.24. The van der Waals surface area contributed by atoms with Crippen molar-refractivity contribution >= 4 is 51.7 Å². The Balaban J connectivity index is 1.59. The molecule has 2 aromatic carbocycles. The van der Waals surface area contributed by atoms with Crippen LogP contribution in [0.4, 0.5) is 0 Å². The number of benzene rings is 2. The minimum absolute atomic E-state index is 0.0163. The second kappa shape index (κ2) is 9.02. The van der Waals surface area contributed by atoms with Crippen molar-refractivity contribution in [2.24, 2.45) is 5.10 Å². The molecule has 3 aliphatic rings. The number of halogens is 1. The lowest BCUT2D eigenvalue weighted by Crippen LogP contribution is -2.36. The molecule has 0 bridgehead atoms. The lowest BCUT2D eigenvalue weighted by molar-refractivity contribution is 0.0790. The number of ketones is 4. The zero-order valence-electron chi connectivity index (χ0n) is 21.4. The van der Waals surface area contributed by atoms with Crippen LogP contribution >= 0.6 is 11.6 Å². The average molecular weight is 589 g/mol. The predicted molar refractivity (Wildman–Crippen MR) is 145 cm³/mol. The number of nitrogens with zero attached hydrogens (tertiary/aromatic N) is 2. The molecular formula is C28H17ClN4O9. The maximum Gasteiger partial charge on any atom is 0.260 e. The number of carbonyl (C=O) groups excluding carboxylic acids is 4. The summed E-state index contributed by atoms with van der Waals surface area (Å²) < 4.78 is 4.90. The topological polar surface area (TPSA) is 219 Å². The third kappa shape index (κ3) is 3.18. The Morgan fingerprint density at radius 1 is 1.10 bits per heavy atom. The molecule has 14 heteroatoms. The standard InChI is InChI=1S/C28H17ClN4O9/c1-42-13-7-12(34)15-16(21(13)35)23(37)18-17(22(15)36)25(39)28(26(18)40)3-2-10-19(28)24(38)14-11(20(10)29)6-9(33-27(14)41)8-32-31-5-4-30/h6-8,31,36-38H,2-3,5H2,1H3,(H,33,41)/t28-/m0/s1. The number of hydrogen-bond acceptors (Lipinski definition) is 12. The van der Waals surface area contributed by atoms with Crippen molar-refractivity contribution < 1.29 is 39.2 Å². The molecule has 5 N–H and O–H groups in total. The van der Waals surface area contributed by atoms with Gasteiger partial charge in [-0.2, -0.15) is 10.4 Å². The normalized spacial score (nSPS) is 18.8. The number of nitrogens with one attached hydrogen (secondary N) is 2. The van der Waals surface area contributed by atoms with E-state index >= 15 is 0 Å². The van der Waals surface area contributed by atoms with E-state index in [1.807, 2.05) is 6.07 Å². The van der Waals surface area contributed by atoms with Crippen molar-refractivity contribution in [1.82, 2.24) is 10.4 Å². The Kier molecular flexibility index (Phi) is 5.74. The van der Waals surface area contributed by atoms with E-state index in [4.69, 9.17) is 21.6 Å². The highest BCUT2D eigenvalue weighted by atomic mass is 35.5. The van der Waals surface area contributed by atoms with Crippen LogP contribution in [-0.2, 0) is 16.6 Å². The molecule has 1 atom stereocenters. The number of aromatic hydroxyl groups is 3. The summed E-state index contributed by atoms with van der Waals surface area (Å²) in [4.78, 5) is 69.5. The van der Waals surface area contributed by atoms with Gasteiger partial charge in [0.05, 0.1) is 57.8 Å². The van der Waals surface area contributed by atoms with Gasteiger partial charge < -0.3 is 25.0 Å². The largest absolute Gasteiger partial charge is 0.507 e. The zero-order chi connectivity index (χ0) is 30.2. The van der Waals surface area contributed by atoms with Crippen LogP contribution in [0.15, 0.2) is 27.8 Å². The van der Waals surface area contributed by atoms with Gasteiger partial charge in [-0.05, 0) is 24.5 Å². The van der Waals surface area contributed by atoms with Gasteiger partial charge in [0.15, 0.2) is 23.1 Å². The number of phenolic OH excluding ortho intramolecular Hbond substituents is 3. The Bertz CT molecular complexity index is 2040. The smallest absolute Gasteiger partial charge is 0.260 e. The maximum atomic E-state index is 14.1. The highest BCUT2D eigenvalue weighted by Crippen LogP contribution is 2.58. The number of H-pyrrole nitrogens is 1. The Morgan fingerprint density at radius 2 is 1.76 bits per heavy atom. The van der Waals surface area contributed by atoms with Gasteiger partial charge in [0.25, 0.3) is 5.56 Å². The van der Waals surface area contributed by atoms with Crippen LogP contribution in [0.25, 0.3) is 10.8 Å². The molecule has 0 saturated carbocycles. The molecule has 0 unspecified atom stereocenters. The van der Waals surface area contributed by atoms with Crippen LogP contribution in [0.2, 0.25) is 5.02 Å². The number of aromatic nitrogens is 1. The molecule has 0 fully saturated rings. The van der Waals surface area contributed by atoms with Crippen LogP contribution in [0.3, 0.4) is 0 Å². The molecule has 0 amide bonds. The summed E-state index contributed by atoms with van der Waals surface area (Å²) >= 11 is 6.69. The first-order chi connectivity index (χ1) is 20.0. The summed E-state index contributed by atoms with van der Waals surface area (Å²) in [5.74, 6) is -7.10. The fourth-order valence-electron chi connectivity index (χ4n) is 6.07. The first-order valence-electron chi connectivity index (χ1n) is 12.3. The van der Waals surface area contributed by atoms with Gasteiger partial charge >= 0.3 is 0 Å². The number of rotatable bonds is 4. The molecule has 1 spiro atoms. The lowest BCUT2D eigenvalue weighted by atomic mass is 9.76. The quantitative estimate of drug-likeness (QED) is 0.0739. The van der Waals surface area contributed by atoms with Gasteiger partial charge in [-0.15, -0.1) is 0 Å². The van der Waals surface area contributed by atoms with Gasteiger partial charge in [-0.1, -0.05) is 11.6 Å². The van der Waals surface area contributed by atoms with Crippen molar-refractivity contribution in [3.63, 3.8) is 0 Å². The molecule has 6 rings (SSSR count). The van der Waals surface area contributed by atoms with Crippen molar-refractivity contribution in [2.75, 3.05) is 13.7 Å². The first kappa shape index (κ1) is 26.7. The third-order valence-electron chi connectivity index (χ3n) is 7.82. The fourth-order valence-corrected chi connectivity index (χ4v) is 6.41. The van der Waals surface area contributed by atoms with Crippen molar-refractivity contribution in [1.29, 1.82) is 5.26 Å². The molecule has 3 aromatic rings. The number of pyridine rings is 1. The number of phenols is 3. The second-order valence-electron chi connectivity index (χ2n) is 9.78. The molecule has 3 aliphatic carbocycles. The van der Waals surface area contributed by atoms with E-state index in [1.54, 1.807) is 0 Å². The van der Waals surface area contributed by atoms with Gasteiger partial charge in [0, 0.05) is 17.0 Å². The van der Waals surface area contributed by atoms with E-state index in [9.17, 15) is 39.3 Å². The monoisotopic (exact) mass is 588 g/mol. The molecule has 1 aromatic heterocycles. The number of aromatic amines is 1. The zero-order valence-corrected chi connectivity index (χ0v) is 22.2. The second-order valence-corrected chi connectivity index (χ2v) is 10.2. The number of nitriles is 1. The number of Topliss-reactive ketones (excluding diaryl/α,β-unsaturated/α-hetero) is 3. The number of fused-ring (bicyclic) bond motifs is 5. The number of allylic oxidation sites excluding steroid dienone is 2. The van der Waals surface area contributed by atoms with Gasteiger partial charge in [0.1, 0.15) is 29.2 Å². The number of hydrazone groups is 1. The number of hydrogen-bond donors (Lipinski definition) is 5. The number of methoxy groups -OCH3 is 1. The third-order valence-corrected chi connectivity index (χ3v) is 8.25. The molecule has 210 valence electrons. The highest BCUT2D eigenvalue weighted by Gasteiger charge is 2.62. The van der Waals surface area contributed by atoms with Crippen LogP contribution in [-0.4, -0.2) is 63.3 Å². The van der Waals surface area contributed by atoms with Crippen LogP contribution < -0.4 is 11.0 Å². The molecule has 13 nitrogen and oxygen atoms in total. The highest BCUT2D eigenvalue weighted by molar-refractivity contribution is 6.41. The van der Waals surface area contributed by atoms with Crippen molar-refractivity contribution in [2.45, 2.75) is 18.3 Å². The van der Waals surface area contributed by atoms with Gasteiger partial charge in [-0.25, -0.2) is 0 Å². The Morgan fingerprint density at radius 3 is 2.40 bits per heavy atom. The summed E-state index contributed by atoms with van der Waals surface area (Å²) in [5.41, 5.74) is -3.23. The first-order valence-corrected chi connectivity index (χ1v) is 12.7. The van der Waals surface area contributed by atoms with E-state index < -0.39 is 79.4 Å². The van der Waals surface area contributed by atoms with E-state index in [0.717, 1.165) is 13.2 Å². The molecule has 1 heterocycles. The summed E-state index contributed by atoms with van der Waals surface area (Å²) in [7, 11) is 1.12. The van der Waals surface area contributed by atoms with E-state index in [0.29, 0.717) is 0 Å². The van der Waals surface area contributed by atoms with E-state index in [2.05, 4.69) is 15.5 Å². The molecule has 42 heavy (non-hydrogen) atoms. The Hall–Kier alpha value is -5.48. The maximum absolute atomic E-state index is 14.1.